The second kappa shape index (κ2) is 4.94. The van der Waals surface area contributed by atoms with Crippen molar-refractivity contribution in [2.75, 3.05) is 13.6 Å². The number of halogens is 1. The molecule has 1 aromatic carbocycles. The van der Waals surface area contributed by atoms with E-state index < -0.39 is 4.92 Å². The average molecular weight is 243 g/mol. The fourth-order valence-corrected chi connectivity index (χ4v) is 1.34. The topological polar surface area (TPSA) is 63.5 Å². The molecule has 0 radical (unpaired) electrons. The zero-order valence-electron chi connectivity index (χ0n) is 8.94. The highest BCUT2D eigenvalue weighted by Crippen LogP contribution is 2.23. The molecule has 1 rings (SSSR count). The van der Waals surface area contributed by atoms with Gasteiger partial charge in [0.25, 0.3) is 11.6 Å². The molecule has 0 bridgehead atoms. The Labute approximate surface area is 97.8 Å². The van der Waals surface area contributed by atoms with Gasteiger partial charge < -0.3 is 4.90 Å². The average Bonchev–Trinajstić information content (AvgIpc) is 2.27. The highest BCUT2D eigenvalue weighted by molar-refractivity contribution is 6.33. The van der Waals surface area contributed by atoms with Crippen LogP contribution in [-0.2, 0) is 0 Å². The standard InChI is InChI=1S/C10H11ClN2O3/c1-3-12(2)10(14)8-6-7(13(15)16)4-5-9(8)11/h4-6H,3H2,1-2H3. The van der Waals surface area contributed by atoms with Crippen molar-refractivity contribution in [2.45, 2.75) is 6.92 Å². The summed E-state index contributed by atoms with van der Waals surface area (Å²) in [5.41, 5.74) is 0.0115. The van der Waals surface area contributed by atoms with Crippen molar-refractivity contribution >= 4 is 23.2 Å². The van der Waals surface area contributed by atoms with E-state index in [1.165, 1.54) is 23.1 Å². The molecule has 1 amide bonds. The molecule has 5 nitrogen and oxygen atoms in total. The summed E-state index contributed by atoms with van der Waals surface area (Å²) in [6.07, 6.45) is 0. The largest absolute Gasteiger partial charge is 0.342 e. The lowest BCUT2D eigenvalue weighted by atomic mass is 10.2. The van der Waals surface area contributed by atoms with Crippen molar-refractivity contribution in [1.82, 2.24) is 4.90 Å². The number of nitro benzene ring substituents is 1. The lowest BCUT2D eigenvalue weighted by Crippen LogP contribution is -2.26. The number of amides is 1. The number of nitro groups is 1. The molecule has 0 N–H and O–H groups in total. The Bertz CT molecular complexity index is 434. The quantitative estimate of drug-likeness (QED) is 0.604. The first-order chi connectivity index (χ1) is 7.47. The Morgan fingerprint density at radius 2 is 2.19 bits per heavy atom. The second-order valence-corrected chi connectivity index (χ2v) is 3.65. The lowest BCUT2D eigenvalue weighted by Gasteiger charge is -2.14. The van der Waals surface area contributed by atoms with Crippen molar-refractivity contribution in [1.29, 1.82) is 0 Å². The fraction of sp³-hybridized carbons (Fsp3) is 0.300. The van der Waals surface area contributed by atoms with Crippen LogP contribution >= 0.6 is 11.6 Å². The van der Waals surface area contributed by atoms with E-state index in [4.69, 9.17) is 11.6 Å². The first-order valence-corrected chi connectivity index (χ1v) is 5.04. The van der Waals surface area contributed by atoms with Gasteiger partial charge >= 0.3 is 0 Å². The van der Waals surface area contributed by atoms with E-state index in [1.807, 2.05) is 6.92 Å². The summed E-state index contributed by atoms with van der Waals surface area (Å²) in [4.78, 5) is 23.2. The van der Waals surface area contributed by atoms with Crippen LogP contribution in [0.2, 0.25) is 5.02 Å². The fourth-order valence-electron chi connectivity index (χ4n) is 1.14. The molecule has 0 unspecified atom stereocenters. The predicted molar refractivity (Wildman–Crippen MR) is 60.7 cm³/mol. The van der Waals surface area contributed by atoms with Crippen molar-refractivity contribution in [2.24, 2.45) is 0 Å². The van der Waals surface area contributed by atoms with Crippen LogP contribution in [0.1, 0.15) is 17.3 Å². The Morgan fingerprint density at radius 1 is 1.56 bits per heavy atom. The number of carbonyl (C=O) groups is 1. The molecule has 0 aromatic heterocycles. The minimum absolute atomic E-state index is 0.141. The number of hydrogen-bond acceptors (Lipinski definition) is 3. The third-order valence-corrected chi connectivity index (χ3v) is 2.54. The number of non-ortho nitro benzene ring substituents is 1. The summed E-state index contributed by atoms with van der Waals surface area (Å²) in [5.74, 6) is -0.323. The zero-order chi connectivity index (χ0) is 12.3. The van der Waals surface area contributed by atoms with Crippen LogP contribution in [0.4, 0.5) is 5.69 Å². The van der Waals surface area contributed by atoms with Gasteiger partial charge in [-0.05, 0) is 13.0 Å². The van der Waals surface area contributed by atoms with Gasteiger partial charge in [-0.3, -0.25) is 14.9 Å². The Morgan fingerprint density at radius 3 is 2.69 bits per heavy atom. The van der Waals surface area contributed by atoms with Crippen LogP contribution in [0.25, 0.3) is 0 Å². The number of nitrogens with zero attached hydrogens (tertiary/aromatic N) is 2. The molecule has 0 spiro atoms. The van der Waals surface area contributed by atoms with Crippen LogP contribution in [0.3, 0.4) is 0 Å². The Hall–Kier alpha value is -1.62. The van der Waals surface area contributed by atoms with Gasteiger partial charge in [0, 0.05) is 25.7 Å². The molecule has 0 aliphatic carbocycles. The third kappa shape index (κ3) is 2.49. The summed E-state index contributed by atoms with van der Waals surface area (Å²) >= 11 is 5.83. The zero-order valence-corrected chi connectivity index (χ0v) is 9.69. The maximum Gasteiger partial charge on any atom is 0.270 e. The van der Waals surface area contributed by atoms with E-state index in [0.29, 0.717) is 6.54 Å². The monoisotopic (exact) mass is 242 g/mol. The summed E-state index contributed by atoms with van der Waals surface area (Å²) in [6, 6.07) is 3.82. The highest BCUT2D eigenvalue weighted by Gasteiger charge is 2.17. The first-order valence-electron chi connectivity index (χ1n) is 4.66. The van der Waals surface area contributed by atoms with E-state index in [9.17, 15) is 14.9 Å². The van der Waals surface area contributed by atoms with Crippen LogP contribution in [-0.4, -0.2) is 29.3 Å². The van der Waals surface area contributed by atoms with E-state index >= 15 is 0 Å². The molecule has 6 heteroatoms. The summed E-state index contributed by atoms with van der Waals surface area (Å²) < 4.78 is 0. The Kier molecular flexibility index (Phi) is 3.84. The van der Waals surface area contributed by atoms with Crippen LogP contribution in [0, 0.1) is 10.1 Å². The number of rotatable bonds is 3. The second-order valence-electron chi connectivity index (χ2n) is 3.24. The molecule has 0 aliphatic rings. The molecule has 0 atom stereocenters. The molecule has 86 valence electrons. The molecular weight excluding hydrogens is 232 g/mol. The van der Waals surface area contributed by atoms with Gasteiger partial charge in [-0.2, -0.15) is 0 Å². The molecule has 0 saturated heterocycles. The van der Waals surface area contributed by atoms with Crippen LogP contribution < -0.4 is 0 Å². The molecule has 0 aliphatic heterocycles. The highest BCUT2D eigenvalue weighted by atomic mass is 35.5. The predicted octanol–water partition coefficient (Wildman–Crippen LogP) is 2.34. The number of hydrogen-bond donors (Lipinski definition) is 0. The molecule has 0 fully saturated rings. The minimum Gasteiger partial charge on any atom is -0.342 e. The van der Waals surface area contributed by atoms with Crippen molar-refractivity contribution in [3.63, 3.8) is 0 Å². The van der Waals surface area contributed by atoms with Gasteiger partial charge in [-0.1, -0.05) is 11.6 Å². The number of carbonyl (C=O) groups excluding carboxylic acids is 1. The van der Waals surface area contributed by atoms with Gasteiger partial charge in [-0.25, -0.2) is 0 Å². The van der Waals surface area contributed by atoms with Crippen LogP contribution in [0.5, 0.6) is 0 Å². The SMILES string of the molecule is CCN(C)C(=O)c1cc([N+](=O)[O-])ccc1Cl. The molecular formula is C10H11ClN2O3. The van der Waals surface area contributed by atoms with E-state index in [2.05, 4.69) is 0 Å². The third-order valence-electron chi connectivity index (χ3n) is 2.21. The maximum atomic E-state index is 11.8. The lowest BCUT2D eigenvalue weighted by molar-refractivity contribution is -0.384. The first kappa shape index (κ1) is 12.4. The van der Waals surface area contributed by atoms with E-state index in [-0.39, 0.29) is 22.2 Å². The normalized spacial score (nSPS) is 9.94. The van der Waals surface area contributed by atoms with Crippen molar-refractivity contribution in [3.05, 3.63) is 38.9 Å². The van der Waals surface area contributed by atoms with Crippen molar-refractivity contribution < 1.29 is 9.72 Å². The van der Waals surface area contributed by atoms with E-state index in [1.54, 1.807) is 7.05 Å². The van der Waals surface area contributed by atoms with E-state index in [0.717, 1.165) is 0 Å². The summed E-state index contributed by atoms with van der Waals surface area (Å²) in [6.45, 7) is 2.32. The van der Waals surface area contributed by atoms with Gasteiger partial charge in [-0.15, -0.1) is 0 Å². The van der Waals surface area contributed by atoms with Gasteiger partial charge in [0.2, 0.25) is 0 Å². The van der Waals surface area contributed by atoms with Crippen molar-refractivity contribution in [3.8, 4) is 0 Å². The molecule has 16 heavy (non-hydrogen) atoms. The smallest absolute Gasteiger partial charge is 0.270 e. The summed E-state index contributed by atoms with van der Waals surface area (Å²) in [5, 5.41) is 10.8. The van der Waals surface area contributed by atoms with Gasteiger partial charge in [0.05, 0.1) is 15.5 Å². The molecule has 1 aromatic rings. The Balaban J connectivity index is 3.17. The van der Waals surface area contributed by atoms with Gasteiger partial charge in [0.1, 0.15) is 0 Å². The minimum atomic E-state index is -0.556. The van der Waals surface area contributed by atoms with Crippen LogP contribution in [0.15, 0.2) is 18.2 Å². The summed E-state index contributed by atoms with van der Waals surface area (Å²) in [7, 11) is 1.61. The maximum absolute atomic E-state index is 11.8. The van der Waals surface area contributed by atoms with Gasteiger partial charge in [0.15, 0.2) is 0 Å². The molecule has 0 saturated carbocycles. The molecule has 0 heterocycles. The number of benzene rings is 1.